The molecule has 1 aliphatic heterocycles. The molecule has 2 aromatic carbocycles. The van der Waals surface area contributed by atoms with Crippen molar-refractivity contribution in [2.45, 2.75) is 32.6 Å². The monoisotopic (exact) mass is 635 g/mol. The smallest absolute Gasteiger partial charge is 0.238 e. The number of allylic oxidation sites excluding steroid dienone is 6. The molecular formula is C31H26INO6. The minimum absolute atomic E-state index is 0.0216. The number of anilines is 1. The quantitative estimate of drug-likeness (QED) is 0.219. The molecule has 7 nitrogen and oxygen atoms in total. The lowest BCUT2D eigenvalue weighted by Gasteiger charge is -2.42. The number of carbonyl (C=O) groups is 4. The Hall–Kier alpha value is -3.53. The van der Waals surface area contributed by atoms with Crippen LogP contribution in [0.15, 0.2) is 76.9 Å². The largest absolute Gasteiger partial charge is 0.504 e. The molecule has 8 heteroatoms. The third-order valence-corrected chi connectivity index (χ3v) is 8.99. The van der Waals surface area contributed by atoms with Crippen molar-refractivity contribution in [1.29, 1.82) is 0 Å². The molecular weight excluding hydrogens is 609 g/mol. The summed E-state index contributed by atoms with van der Waals surface area (Å²) in [6.45, 7) is 3.79. The van der Waals surface area contributed by atoms with E-state index < -0.39 is 23.7 Å². The van der Waals surface area contributed by atoms with Gasteiger partial charge in [-0.25, -0.2) is 0 Å². The minimum atomic E-state index is -0.633. The average molecular weight is 635 g/mol. The molecule has 0 aromatic heterocycles. The van der Waals surface area contributed by atoms with E-state index in [0.717, 1.165) is 9.14 Å². The number of phenolic OH excluding ortho intramolecular Hbond substituents is 1. The second-order valence-corrected chi connectivity index (χ2v) is 11.6. The molecule has 6 rings (SSSR count). The lowest BCUT2D eigenvalue weighted by atomic mass is 9.59. The van der Waals surface area contributed by atoms with Gasteiger partial charge in [0.15, 0.2) is 23.1 Å². The van der Waals surface area contributed by atoms with Crippen LogP contribution < -0.4 is 9.64 Å². The van der Waals surface area contributed by atoms with Gasteiger partial charge in [0.2, 0.25) is 11.8 Å². The van der Waals surface area contributed by atoms with Crippen LogP contribution in [-0.2, 0) is 19.2 Å². The number of ketones is 2. The van der Waals surface area contributed by atoms with Crippen molar-refractivity contribution in [3.05, 3.63) is 86.0 Å². The Morgan fingerprint density at radius 2 is 1.77 bits per heavy atom. The average Bonchev–Trinajstić information content (AvgIpc) is 3.18. The summed E-state index contributed by atoms with van der Waals surface area (Å²) in [5, 5.41) is 10.3. The number of hydrogen-bond acceptors (Lipinski definition) is 6. The molecule has 2 amide bonds. The summed E-state index contributed by atoms with van der Waals surface area (Å²) >= 11 is 2.18. The van der Waals surface area contributed by atoms with Gasteiger partial charge in [0.05, 0.1) is 24.1 Å². The molecule has 1 heterocycles. The van der Waals surface area contributed by atoms with Crippen LogP contribution in [0.2, 0.25) is 0 Å². The summed E-state index contributed by atoms with van der Waals surface area (Å²) in [4.78, 5) is 55.6. The zero-order valence-electron chi connectivity index (χ0n) is 21.4. The maximum Gasteiger partial charge on any atom is 0.238 e. The molecule has 0 saturated carbocycles. The molecule has 0 bridgehead atoms. The van der Waals surface area contributed by atoms with Crippen LogP contribution in [-0.4, -0.2) is 35.1 Å². The number of phenols is 1. The van der Waals surface area contributed by atoms with E-state index in [1.165, 1.54) is 17.0 Å². The second-order valence-electron chi connectivity index (χ2n) is 10.4. The number of ether oxygens (including phenoxy) is 1. The van der Waals surface area contributed by atoms with Gasteiger partial charge in [0.25, 0.3) is 0 Å². The second kappa shape index (κ2) is 9.59. The third kappa shape index (κ3) is 3.99. The Labute approximate surface area is 239 Å². The third-order valence-electron chi connectivity index (χ3n) is 8.27. The number of fused-ring (bicyclic) bond motifs is 3. The number of amides is 2. The highest BCUT2D eigenvalue weighted by Crippen LogP contribution is 2.55. The molecule has 39 heavy (non-hydrogen) atoms. The van der Waals surface area contributed by atoms with Crippen LogP contribution in [0.3, 0.4) is 0 Å². The molecule has 2 aromatic rings. The van der Waals surface area contributed by atoms with Crippen LogP contribution in [0.4, 0.5) is 5.69 Å². The predicted molar refractivity (Wildman–Crippen MR) is 152 cm³/mol. The van der Waals surface area contributed by atoms with Crippen molar-refractivity contribution in [3.63, 3.8) is 0 Å². The first-order valence-electron chi connectivity index (χ1n) is 13.0. The Morgan fingerprint density at radius 3 is 2.49 bits per heavy atom. The molecule has 4 atom stereocenters. The van der Waals surface area contributed by atoms with Gasteiger partial charge in [-0.05, 0) is 103 Å². The molecule has 4 aliphatic rings. The van der Waals surface area contributed by atoms with E-state index in [4.69, 9.17) is 4.74 Å². The molecule has 4 unspecified atom stereocenters. The minimum Gasteiger partial charge on any atom is -0.504 e. The molecule has 0 spiro atoms. The highest BCUT2D eigenvalue weighted by molar-refractivity contribution is 14.1. The number of halogens is 1. The Bertz CT molecular complexity index is 1550. The van der Waals surface area contributed by atoms with Crippen molar-refractivity contribution in [3.8, 4) is 11.5 Å². The van der Waals surface area contributed by atoms with Gasteiger partial charge >= 0.3 is 0 Å². The lowest BCUT2D eigenvalue weighted by Crippen LogP contribution is -2.39. The first kappa shape index (κ1) is 25.7. The Morgan fingerprint density at radius 1 is 1.03 bits per heavy atom. The topological polar surface area (TPSA) is 101 Å². The summed E-state index contributed by atoms with van der Waals surface area (Å²) < 4.78 is 6.62. The molecule has 1 fully saturated rings. The standard InChI is InChI=1S/C31H26INO6/c1-3-39-25-13-16(4-11-23(25)34)26-19-9-10-20-27(21(19)14-22-24(35)12-15(2)29(36)28(22)26)31(38)33(30(20)37)18-7-5-17(32)6-8-18/h4-9,11-13,20-21,26-27,34H,3,10,14H2,1-2H3. The van der Waals surface area contributed by atoms with E-state index in [9.17, 15) is 24.3 Å². The summed E-state index contributed by atoms with van der Waals surface area (Å²) in [6.07, 6.45) is 3.95. The fourth-order valence-electron chi connectivity index (χ4n) is 6.57. The number of nitrogens with zero attached hydrogens (tertiary/aromatic N) is 1. The molecule has 1 N–H and O–H groups in total. The number of carbonyl (C=O) groups excluding carboxylic acids is 4. The van der Waals surface area contributed by atoms with Gasteiger partial charge in [-0.3, -0.25) is 24.1 Å². The number of imide groups is 1. The van der Waals surface area contributed by atoms with Crippen LogP contribution in [0.5, 0.6) is 11.5 Å². The maximum atomic E-state index is 13.9. The van der Waals surface area contributed by atoms with Crippen LogP contribution in [0.25, 0.3) is 0 Å². The first-order valence-corrected chi connectivity index (χ1v) is 14.1. The number of aromatic hydroxyl groups is 1. The van der Waals surface area contributed by atoms with E-state index in [2.05, 4.69) is 22.6 Å². The van der Waals surface area contributed by atoms with Crippen LogP contribution in [0.1, 0.15) is 38.2 Å². The lowest BCUT2D eigenvalue weighted by molar-refractivity contribution is -0.123. The summed E-state index contributed by atoms with van der Waals surface area (Å²) in [7, 11) is 0. The highest BCUT2D eigenvalue weighted by Gasteiger charge is 2.56. The van der Waals surface area contributed by atoms with Crippen molar-refractivity contribution in [2.24, 2.45) is 17.8 Å². The van der Waals surface area contributed by atoms with E-state index in [-0.39, 0.29) is 41.3 Å². The number of Topliss-reactive ketones (excluding diaryl/α,β-unsaturated/α-hetero) is 1. The van der Waals surface area contributed by atoms with Gasteiger partial charge in [0.1, 0.15) is 0 Å². The van der Waals surface area contributed by atoms with Gasteiger partial charge in [0, 0.05) is 26.2 Å². The molecule has 3 aliphatic carbocycles. The summed E-state index contributed by atoms with van der Waals surface area (Å²) in [5.74, 6) is -2.83. The van der Waals surface area contributed by atoms with E-state index in [1.54, 1.807) is 31.2 Å². The fraction of sp³-hybridized carbons (Fsp3) is 0.290. The predicted octanol–water partition coefficient (Wildman–Crippen LogP) is 5.03. The van der Waals surface area contributed by atoms with Crippen molar-refractivity contribution in [2.75, 3.05) is 11.5 Å². The number of hydrogen-bond donors (Lipinski definition) is 1. The number of rotatable bonds is 4. The van der Waals surface area contributed by atoms with Gasteiger partial charge in [-0.1, -0.05) is 17.7 Å². The van der Waals surface area contributed by atoms with E-state index in [1.807, 2.05) is 25.1 Å². The first-order chi connectivity index (χ1) is 18.7. The zero-order valence-corrected chi connectivity index (χ0v) is 23.6. The van der Waals surface area contributed by atoms with Crippen LogP contribution >= 0.6 is 22.6 Å². The van der Waals surface area contributed by atoms with E-state index in [0.29, 0.717) is 41.0 Å². The number of benzene rings is 2. The van der Waals surface area contributed by atoms with Crippen molar-refractivity contribution < 1.29 is 29.0 Å². The van der Waals surface area contributed by atoms with Crippen LogP contribution in [0, 0.1) is 21.3 Å². The highest BCUT2D eigenvalue weighted by atomic mass is 127. The SMILES string of the molecule is CCOc1cc(C2C3=CCC4C(=O)N(c5ccc(I)cc5)C(=O)C4C3CC3=C2C(=O)C(C)=CC3=O)ccc1O. The summed E-state index contributed by atoms with van der Waals surface area (Å²) in [5.41, 5.74) is 3.29. The Balaban J connectivity index is 1.48. The fourth-order valence-corrected chi connectivity index (χ4v) is 6.93. The van der Waals surface area contributed by atoms with Crippen molar-refractivity contribution >= 4 is 51.7 Å². The normalized spacial score (nSPS) is 26.2. The van der Waals surface area contributed by atoms with Crippen molar-refractivity contribution in [1.82, 2.24) is 0 Å². The van der Waals surface area contributed by atoms with Gasteiger partial charge in [-0.2, -0.15) is 0 Å². The van der Waals surface area contributed by atoms with Gasteiger partial charge in [-0.15, -0.1) is 0 Å². The molecule has 198 valence electrons. The summed E-state index contributed by atoms with van der Waals surface area (Å²) in [6, 6.07) is 12.2. The van der Waals surface area contributed by atoms with Gasteiger partial charge < -0.3 is 9.84 Å². The molecule has 1 saturated heterocycles. The maximum absolute atomic E-state index is 13.9. The molecule has 0 radical (unpaired) electrons. The van der Waals surface area contributed by atoms with E-state index >= 15 is 0 Å². The zero-order chi connectivity index (χ0) is 27.6. The Kier molecular flexibility index (Phi) is 6.32.